The summed E-state index contributed by atoms with van der Waals surface area (Å²) in [6.07, 6.45) is 1.57. The molecule has 0 aliphatic rings. The van der Waals surface area contributed by atoms with Crippen LogP contribution in [0.1, 0.15) is 0 Å². The van der Waals surface area contributed by atoms with Crippen molar-refractivity contribution in [2.45, 2.75) is 0 Å². The molecule has 0 fully saturated rings. The Morgan fingerprint density at radius 3 is 3.00 bits per heavy atom. The summed E-state index contributed by atoms with van der Waals surface area (Å²) in [6, 6.07) is 0. The van der Waals surface area contributed by atoms with E-state index >= 15 is 0 Å². The molecule has 0 amide bonds. The summed E-state index contributed by atoms with van der Waals surface area (Å²) in [5.41, 5.74) is 2.29. The highest BCUT2D eigenvalue weighted by Crippen LogP contribution is 1.79. The second-order valence-corrected chi connectivity index (χ2v) is 1.37. The Morgan fingerprint density at radius 2 is 2.62 bits per heavy atom. The van der Waals surface area contributed by atoms with Crippen molar-refractivity contribution < 1.29 is 9.63 Å². The van der Waals surface area contributed by atoms with Crippen LogP contribution in [0.15, 0.2) is 12.7 Å². The molecule has 0 aliphatic carbocycles. The van der Waals surface area contributed by atoms with E-state index in [1.54, 1.807) is 6.08 Å². The summed E-state index contributed by atoms with van der Waals surface area (Å²) in [7, 11) is 0. The normalized spacial score (nSPS) is 8.12. The van der Waals surface area contributed by atoms with Gasteiger partial charge in [0.1, 0.15) is 0 Å². The molecule has 3 nitrogen and oxygen atoms in total. The smallest absolute Gasteiger partial charge is 0.362 e. The Bertz CT molecular complexity index is 94.0. The van der Waals surface area contributed by atoms with E-state index in [-0.39, 0.29) is 0 Å². The van der Waals surface area contributed by atoms with Crippen LogP contribution in [-0.2, 0) is 4.84 Å². The molecule has 0 aromatic carbocycles. The molecule has 1 N–H and O–H groups in total. The lowest BCUT2D eigenvalue weighted by Gasteiger charge is -1.95. The van der Waals surface area contributed by atoms with E-state index in [0.717, 1.165) is 0 Å². The van der Waals surface area contributed by atoms with Crippen molar-refractivity contribution >= 4 is 17.9 Å². The molecule has 0 aliphatic heterocycles. The maximum atomic E-state index is 9.86. The summed E-state index contributed by atoms with van der Waals surface area (Å²) in [4.78, 5) is 14.1. The average Bonchev–Trinajstić information content (AvgIpc) is 1.66. The molecule has 0 aromatic heterocycles. The van der Waals surface area contributed by atoms with Gasteiger partial charge < -0.3 is 4.84 Å². The van der Waals surface area contributed by atoms with Crippen LogP contribution in [0.5, 0.6) is 0 Å². The third kappa shape index (κ3) is 5.52. The van der Waals surface area contributed by atoms with Crippen molar-refractivity contribution in [2.75, 3.05) is 6.54 Å². The summed E-state index contributed by atoms with van der Waals surface area (Å²) in [6.45, 7) is 3.82. The molecule has 0 aromatic rings. The monoisotopic (exact) mass is 133 g/mol. The first-order valence-corrected chi connectivity index (χ1v) is 2.45. The molecular weight excluding hydrogens is 126 g/mol. The molecule has 0 radical (unpaired) electrons. The Morgan fingerprint density at radius 1 is 2.00 bits per heavy atom. The Hall–Kier alpha value is -0.480. The highest BCUT2D eigenvalue weighted by Gasteiger charge is 1.87. The SMILES string of the molecule is C=CCNOC(=O)S. The Kier molecular flexibility index (Phi) is 4.39. The zero-order valence-electron chi connectivity index (χ0n) is 4.26. The topological polar surface area (TPSA) is 38.3 Å². The fourth-order valence-corrected chi connectivity index (χ4v) is 0.227. The van der Waals surface area contributed by atoms with Crippen molar-refractivity contribution in [3.63, 3.8) is 0 Å². The van der Waals surface area contributed by atoms with Crippen LogP contribution in [0.3, 0.4) is 0 Å². The molecule has 8 heavy (non-hydrogen) atoms. The van der Waals surface area contributed by atoms with Gasteiger partial charge in [-0.2, -0.15) is 0 Å². The van der Waals surface area contributed by atoms with E-state index in [1.165, 1.54) is 0 Å². The van der Waals surface area contributed by atoms with Crippen LogP contribution in [0.2, 0.25) is 0 Å². The van der Waals surface area contributed by atoms with Crippen LogP contribution in [0.4, 0.5) is 4.79 Å². The first-order chi connectivity index (χ1) is 3.77. The van der Waals surface area contributed by atoms with Gasteiger partial charge in [-0.05, 0) is 0 Å². The largest absolute Gasteiger partial charge is 0.382 e. The number of thiol groups is 1. The minimum atomic E-state index is -0.646. The van der Waals surface area contributed by atoms with Crippen molar-refractivity contribution in [3.8, 4) is 0 Å². The van der Waals surface area contributed by atoms with Gasteiger partial charge in [0.2, 0.25) is 0 Å². The Balaban J connectivity index is 2.93. The van der Waals surface area contributed by atoms with Gasteiger partial charge in [-0.15, -0.1) is 12.1 Å². The summed E-state index contributed by atoms with van der Waals surface area (Å²) >= 11 is 3.31. The standard InChI is InChI=1S/C4H7NO2S/c1-2-3-5-7-4(6)8/h2,5H,1,3H2,(H,6,8). The first kappa shape index (κ1) is 7.52. The van der Waals surface area contributed by atoms with Crippen molar-refractivity contribution in [1.29, 1.82) is 0 Å². The molecule has 0 saturated heterocycles. The van der Waals surface area contributed by atoms with Gasteiger partial charge in [0, 0.05) is 6.54 Å². The molecule has 0 bridgehead atoms. The first-order valence-electron chi connectivity index (χ1n) is 2.01. The number of hydrogen-bond acceptors (Lipinski definition) is 3. The highest BCUT2D eigenvalue weighted by molar-refractivity contribution is 7.96. The fraction of sp³-hybridized carbons (Fsp3) is 0.250. The van der Waals surface area contributed by atoms with Gasteiger partial charge in [-0.1, -0.05) is 18.7 Å². The van der Waals surface area contributed by atoms with E-state index < -0.39 is 5.30 Å². The Labute approximate surface area is 53.1 Å². The van der Waals surface area contributed by atoms with Crippen molar-refractivity contribution in [3.05, 3.63) is 12.7 Å². The number of hydrogen-bond donors (Lipinski definition) is 2. The van der Waals surface area contributed by atoms with E-state index in [2.05, 4.69) is 29.5 Å². The third-order valence-electron chi connectivity index (χ3n) is 0.387. The van der Waals surface area contributed by atoms with E-state index in [0.29, 0.717) is 6.54 Å². The number of nitrogens with one attached hydrogen (secondary N) is 1. The molecule has 0 spiro atoms. The van der Waals surface area contributed by atoms with E-state index in [4.69, 9.17) is 0 Å². The van der Waals surface area contributed by atoms with Gasteiger partial charge in [0.25, 0.3) is 0 Å². The van der Waals surface area contributed by atoms with E-state index in [9.17, 15) is 4.79 Å². The molecule has 0 rings (SSSR count). The van der Waals surface area contributed by atoms with Crippen LogP contribution in [0.25, 0.3) is 0 Å². The van der Waals surface area contributed by atoms with Crippen LogP contribution in [-0.4, -0.2) is 11.8 Å². The molecule has 0 atom stereocenters. The van der Waals surface area contributed by atoms with Gasteiger partial charge in [0.15, 0.2) is 0 Å². The lowest BCUT2D eigenvalue weighted by molar-refractivity contribution is 0.122. The second kappa shape index (κ2) is 4.67. The number of carbonyl (C=O) groups excluding carboxylic acids is 1. The zero-order chi connectivity index (χ0) is 6.41. The lowest BCUT2D eigenvalue weighted by atomic mass is 10.7. The van der Waals surface area contributed by atoms with Crippen LogP contribution >= 0.6 is 12.6 Å². The number of rotatable bonds is 3. The maximum Gasteiger partial charge on any atom is 0.382 e. The summed E-state index contributed by atoms with van der Waals surface area (Å²) in [5, 5.41) is -0.646. The van der Waals surface area contributed by atoms with Gasteiger partial charge in [-0.25, -0.2) is 4.79 Å². The number of carbonyl (C=O) groups is 1. The molecule has 46 valence electrons. The molecule has 4 heteroatoms. The second-order valence-electron chi connectivity index (χ2n) is 1.01. The molecular formula is C4H7NO2S. The highest BCUT2D eigenvalue weighted by atomic mass is 32.1. The van der Waals surface area contributed by atoms with Crippen molar-refractivity contribution in [1.82, 2.24) is 5.48 Å². The summed E-state index contributed by atoms with van der Waals surface area (Å²) in [5.74, 6) is 0. The number of hydroxylamine groups is 1. The maximum absolute atomic E-state index is 9.86. The van der Waals surface area contributed by atoms with Crippen LogP contribution < -0.4 is 5.48 Å². The minimum Gasteiger partial charge on any atom is -0.362 e. The fourth-order valence-electron chi connectivity index (χ4n) is 0.162. The third-order valence-corrected chi connectivity index (χ3v) is 0.478. The minimum absolute atomic E-state index is 0.437. The van der Waals surface area contributed by atoms with Crippen molar-refractivity contribution in [2.24, 2.45) is 0 Å². The average molecular weight is 133 g/mol. The molecule has 0 heterocycles. The predicted octanol–water partition coefficient (Wildman–Crippen LogP) is 0.743. The van der Waals surface area contributed by atoms with Crippen LogP contribution in [0, 0.1) is 0 Å². The quantitative estimate of drug-likeness (QED) is 0.258. The predicted molar refractivity (Wildman–Crippen MR) is 33.7 cm³/mol. The lowest BCUT2D eigenvalue weighted by Crippen LogP contribution is -2.15. The van der Waals surface area contributed by atoms with Gasteiger partial charge in [0.05, 0.1) is 0 Å². The van der Waals surface area contributed by atoms with Gasteiger partial charge >= 0.3 is 5.30 Å². The molecule has 0 unspecified atom stereocenters. The van der Waals surface area contributed by atoms with E-state index in [1.807, 2.05) is 0 Å². The molecule has 0 saturated carbocycles. The van der Waals surface area contributed by atoms with Gasteiger partial charge in [-0.3, -0.25) is 0 Å². The summed E-state index contributed by atoms with van der Waals surface area (Å²) < 4.78 is 0. The zero-order valence-corrected chi connectivity index (χ0v) is 5.15.